The summed E-state index contributed by atoms with van der Waals surface area (Å²) in [7, 11) is 0. The summed E-state index contributed by atoms with van der Waals surface area (Å²) >= 11 is 1.88. The van der Waals surface area contributed by atoms with Crippen LogP contribution in [0.1, 0.15) is 0 Å². The van der Waals surface area contributed by atoms with Gasteiger partial charge in [0.25, 0.3) is 0 Å². The minimum absolute atomic E-state index is 0.908. The monoisotopic (exact) mass is 680 g/mol. The number of fused-ring (bicyclic) bond motifs is 14. The van der Waals surface area contributed by atoms with Crippen molar-refractivity contribution in [3.8, 4) is 22.5 Å². The highest BCUT2D eigenvalue weighted by molar-refractivity contribution is 7.26. The van der Waals surface area contributed by atoms with Crippen molar-refractivity contribution >= 4 is 97.1 Å². The Bertz CT molecular complexity index is 3400. The van der Waals surface area contributed by atoms with E-state index in [1.807, 2.05) is 17.4 Å². The lowest BCUT2D eigenvalue weighted by molar-refractivity contribution is 0.671. The first-order valence-electron chi connectivity index (χ1n) is 17.7. The molecule has 52 heavy (non-hydrogen) atoms. The molecule has 0 aliphatic carbocycles. The van der Waals surface area contributed by atoms with Gasteiger partial charge in [-0.25, -0.2) is 0 Å². The Kier molecular flexibility index (Phi) is 5.65. The maximum Gasteiger partial charge on any atom is 0.160 e. The maximum atomic E-state index is 6.64. The summed E-state index contributed by atoms with van der Waals surface area (Å²) in [6, 6.07) is 61.6. The van der Waals surface area contributed by atoms with Gasteiger partial charge >= 0.3 is 0 Å². The number of hydrogen-bond donors (Lipinski definition) is 0. The van der Waals surface area contributed by atoms with Crippen molar-refractivity contribution in [1.82, 2.24) is 9.13 Å². The first kappa shape index (κ1) is 28.1. The van der Waals surface area contributed by atoms with Crippen molar-refractivity contribution in [3.05, 3.63) is 170 Å². The van der Waals surface area contributed by atoms with Crippen molar-refractivity contribution in [1.29, 1.82) is 0 Å². The maximum absolute atomic E-state index is 6.64. The van der Waals surface area contributed by atoms with Crippen LogP contribution in [-0.4, -0.2) is 9.13 Å². The van der Waals surface area contributed by atoms with Gasteiger partial charge in [0, 0.05) is 63.9 Å². The molecule has 0 unspecified atom stereocenters. The number of aromatic nitrogens is 2. The topological polar surface area (TPSA) is 23.0 Å². The van der Waals surface area contributed by atoms with E-state index in [0.717, 1.165) is 38.7 Å². The van der Waals surface area contributed by atoms with Gasteiger partial charge in [0.05, 0.1) is 22.1 Å². The average molecular weight is 681 g/mol. The van der Waals surface area contributed by atoms with E-state index >= 15 is 0 Å². The molecule has 0 aliphatic heterocycles. The summed E-state index contributed by atoms with van der Waals surface area (Å²) in [5.74, 6) is 0. The fourth-order valence-corrected chi connectivity index (χ4v) is 9.78. The van der Waals surface area contributed by atoms with E-state index in [4.69, 9.17) is 4.42 Å². The first-order valence-corrected chi connectivity index (χ1v) is 18.5. The molecule has 4 heteroatoms. The van der Waals surface area contributed by atoms with Gasteiger partial charge in [-0.3, -0.25) is 0 Å². The van der Waals surface area contributed by atoms with Gasteiger partial charge in [-0.2, -0.15) is 0 Å². The Hall–Kier alpha value is -6.62. The van der Waals surface area contributed by atoms with Crippen molar-refractivity contribution < 1.29 is 4.42 Å². The van der Waals surface area contributed by atoms with Crippen molar-refractivity contribution in [2.24, 2.45) is 0 Å². The molecule has 0 atom stereocenters. The molecule has 0 bridgehead atoms. The van der Waals surface area contributed by atoms with E-state index in [-0.39, 0.29) is 0 Å². The largest absolute Gasteiger partial charge is 0.454 e. The summed E-state index contributed by atoms with van der Waals surface area (Å²) in [5, 5.41) is 9.89. The van der Waals surface area contributed by atoms with Gasteiger partial charge in [0.15, 0.2) is 5.58 Å². The zero-order valence-corrected chi connectivity index (χ0v) is 28.7. The van der Waals surface area contributed by atoms with Crippen LogP contribution in [0.5, 0.6) is 0 Å². The zero-order valence-electron chi connectivity index (χ0n) is 27.9. The molecule has 12 rings (SSSR count). The van der Waals surface area contributed by atoms with Gasteiger partial charge in [0.1, 0.15) is 5.58 Å². The van der Waals surface area contributed by atoms with Crippen LogP contribution in [0.4, 0.5) is 0 Å². The third kappa shape index (κ3) is 3.79. The fraction of sp³-hybridized carbons (Fsp3) is 0. The smallest absolute Gasteiger partial charge is 0.160 e. The van der Waals surface area contributed by atoms with Crippen LogP contribution in [0.25, 0.3) is 108 Å². The summed E-state index contributed by atoms with van der Waals surface area (Å²) < 4.78 is 14.1. The molecule has 3 nitrogen and oxygen atoms in total. The number of furan rings is 1. The van der Waals surface area contributed by atoms with Gasteiger partial charge in [-0.05, 0) is 90.0 Å². The van der Waals surface area contributed by atoms with Gasteiger partial charge in [-0.15, -0.1) is 11.3 Å². The van der Waals surface area contributed by atoms with Crippen LogP contribution in [0.15, 0.2) is 174 Å². The zero-order chi connectivity index (χ0) is 33.9. The van der Waals surface area contributed by atoms with Crippen molar-refractivity contribution in [2.45, 2.75) is 0 Å². The molecule has 0 fully saturated rings. The number of thiophene rings is 1. The Balaban J connectivity index is 1.16. The van der Waals surface area contributed by atoms with Crippen molar-refractivity contribution in [2.75, 3.05) is 0 Å². The summed E-state index contributed by atoms with van der Waals surface area (Å²) in [5.41, 5.74) is 11.2. The first-order chi connectivity index (χ1) is 25.8. The van der Waals surface area contributed by atoms with Crippen LogP contribution < -0.4 is 0 Å². The second-order valence-electron chi connectivity index (χ2n) is 13.7. The third-order valence-electron chi connectivity index (χ3n) is 10.9. The quantitative estimate of drug-likeness (QED) is 0.182. The highest BCUT2D eigenvalue weighted by atomic mass is 32.1. The molecule has 0 radical (unpaired) electrons. The van der Waals surface area contributed by atoms with Crippen LogP contribution >= 0.6 is 11.3 Å². The molecule has 4 aromatic heterocycles. The Labute approximate surface area is 301 Å². The Morgan fingerprint density at radius 3 is 1.79 bits per heavy atom. The lowest BCUT2D eigenvalue weighted by Gasteiger charge is -2.09. The highest BCUT2D eigenvalue weighted by Crippen LogP contribution is 2.45. The number of benzene rings is 8. The van der Waals surface area contributed by atoms with Crippen molar-refractivity contribution in [3.63, 3.8) is 0 Å². The summed E-state index contributed by atoms with van der Waals surface area (Å²) in [6.45, 7) is 0. The van der Waals surface area contributed by atoms with Gasteiger partial charge in [-0.1, -0.05) is 91.0 Å². The number of nitrogens with zero attached hydrogens (tertiary/aromatic N) is 2. The molecule has 0 aliphatic rings. The highest BCUT2D eigenvalue weighted by Gasteiger charge is 2.21. The van der Waals surface area contributed by atoms with Crippen LogP contribution in [-0.2, 0) is 0 Å². The minimum atomic E-state index is 0.908. The van der Waals surface area contributed by atoms with E-state index in [2.05, 4.69) is 173 Å². The molecule has 12 aromatic rings. The molecular weight excluding hydrogens is 653 g/mol. The molecule has 8 aromatic carbocycles. The Morgan fingerprint density at radius 2 is 1.00 bits per heavy atom. The molecular formula is C48H28N2OS. The lowest BCUT2D eigenvalue weighted by atomic mass is 9.99. The molecule has 4 heterocycles. The summed E-state index contributed by atoms with van der Waals surface area (Å²) in [4.78, 5) is 0. The minimum Gasteiger partial charge on any atom is -0.454 e. The van der Waals surface area contributed by atoms with Gasteiger partial charge < -0.3 is 13.6 Å². The molecule has 0 spiro atoms. The Morgan fingerprint density at radius 1 is 0.385 bits per heavy atom. The second-order valence-corrected chi connectivity index (χ2v) is 14.8. The second kappa shape index (κ2) is 10.5. The fourth-order valence-electron chi connectivity index (χ4n) is 8.67. The van der Waals surface area contributed by atoms with E-state index in [1.165, 1.54) is 69.6 Å². The van der Waals surface area contributed by atoms with E-state index in [9.17, 15) is 0 Å². The average Bonchev–Trinajstić information content (AvgIpc) is 3.95. The molecule has 242 valence electrons. The number of hydrogen-bond acceptors (Lipinski definition) is 2. The van der Waals surface area contributed by atoms with Crippen LogP contribution in [0.3, 0.4) is 0 Å². The predicted octanol–water partition coefficient (Wildman–Crippen LogP) is 13.8. The molecule has 0 amide bonds. The molecule has 0 N–H and O–H groups in total. The van der Waals surface area contributed by atoms with E-state index < -0.39 is 0 Å². The number of para-hydroxylation sites is 3. The third-order valence-corrected chi connectivity index (χ3v) is 12.0. The molecule has 0 saturated carbocycles. The SMILES string of the molecule is c1ccc(-n2c3ccc(-c4ccc5c(c4)c4ccc6c7ccccc7oc6c4n5-c4ccccc4)cc3c3c4c(ccc32)sc2ccccc24)cc1. The predicted molar refractivity (Wildman–Crippen MR) is 221 cm³/mol. The molecule has 0 saturated heterocycles. The number of rotatable bonds is 3. The van der Waals surface area contributed by atoms with E-state index in [1.54, 1.807) is 0 Å². The standard InChI is InChI=1S/C48H28N2OS/c1-3-11-31(12-4-1)49-40-24-20-30(28-38(40)45-41(49)25-26-44-46(45)36-16-8-10-18-43(36)52-44)29-19-23-39-37(27-29)34-21-22-35-33-15-7-9-17-42(33)51-48(35)47(34)50(39)32-13-5-2-6-14-32/h1-28H. The normalized spacial score (nSPS) is 12.2. The van der Waals surface area contributed by atoms with Crippen LogP contribution in [0.2, 0.25) is 0 Å². The summed E-state index contributed by atoms with van der Waals surface area (Å²) in [6.07, 6.45) is 0. The van der Waals surface area contributed by atoms with Gasteiger partial charge in [0.2, 0.25) is 0 Å². The van der Waals surface area contributed by atoms with E-state index in [0.29, 0.717) is 0 Å². The van der Waals surface area contributed by atoms with Crippen LogP contribution in [0, 0.1) is 0 Å². The lowest BCUT2D eigenvalue weighted by Crippen LogP contribution is -1.93.